The van der Waals surface area contributed by atoms with Gasteiger partial charge < -0.3 is 19.9 Å². The summed E-state index contributed by atoms with van der Waals surface area (Å²) in [7, 11) is 0. The molecule has 0 fully saturated rings. The van der Waals surface area contributed by atoms with Crippen LogP contribution in [0, 0.1) is 5.92 Å². The van der Waals surface area contributed by atoms with Gasteiger partial charge in [-0.15, -0.1) is 0 Å². The molecule has 0 saturated heterocycles. The molecule has 0 unspecified atom stereocenters. The van der Waals surface area contributed by atoms with E-state index in [4.69, 9.17) is 4.42 Å². The van der Waals surface area contributed by atoms with Crippen molar-refractivity contribution in [2.45, 2.75) is 6.10 Å². The molecule has 1 aromatic heterocycles. The molecule has 0 bridgehead atoms. The summed E-state index contributed by atoms with van der Waals surface area (Å²) in [6.45, 7) is -0.203. The number of carboxylic acid groups (broad SMARTS) is 1. The molecule has 110 valence electrons. The molecular formula is C15H15NO5. The Balaban J connectivity index is 2.01. The third-order valence-electron chi connectivity index (χ3n) is 3.05. The highest BCUT2D eigenvalue weighted by Gasteiger charge is 2.30. The quantitative estimate of drug-likeness (QED) is 0.747. The van der Waals surface area contributed by atoms with Gasteiger partial charge in [0.25, 0.3) is 5.91 Å². The molecule has 2 atom stereocenters. The number of aliphatic hydroxyl groups is 1. The zero-order valence-corrected chi connectivity index (χ0v) is 11.1. The number of hydrogen-bond acceptors (Lipinski definition) is 4. The number of furan rings is 1. The first-order valence-corrected chi connectivity index (χ1v) is 6.37. The molecule has 1 amide bonds. The van der Waals surface area contributed by atoms with E-state index in [1.807, 2.05) is 0 Å². The Hall–Kier alpha value is -2.60. The van der Waals surface area contributed by atoms with E-state index in [0.29, 0.717) is 5.56 Å². The molecule has 6 heteroatoms. The molecule has 21 heavy (non-hydrogen) atoms. The molecule has 0 spiro atoms. The van der Waals surface area contributed by atoms with E-state index in [1.54, 1.807) is 36.4 Å². The Morgan fingerprint density at radius 1 is 1.14 bits per heavy atom. The van der Waals surface area contributed by atoms with Crippen molar-refractivity contribution >= 4 is 11.9 Å². The van der Waals surface area contributed by atoms with E-state index in [0.717, 1.165) is 0 Å². The molecule has 1 heterocycles. The second-order valence-electron chi connectivity index (χ2n) is 4.48. The van der Waals surface area contributed by atoms with E-state index >= 15 is 0 Å². The highest BCUT2D eigenvalue weighted by Crippen LogP contribution is 2.22. The van der Waals surface area contributed by atoms with Gasteiger partial charge in [0.1, 0.15) is 17.8 Å². The van der Waals surface area contributed by atoms with Crippen molar-refractivity contribution in [1.82, 2.24) is 5.32 Å². The van der Waals surface area contributed by atoms with Crippen LogP contribution in [0.4, 0.5) is 0 Å². The van der Waals surface area contributed by atoms with Crippen molar-refractivity contribution in [3.63, 3.8) is 0 Å². The molecule has 0 saturated carbocycles. The lowest BCUT2D eigenvalue weighted by molar-refractivity contribution is -0.146. The van der Waals surface area contributed by atoms with Gasteiger partial charge in [-0.05, 0) is 24.3 Å². The Bertz CT molecular complexity index is 594. The summed E-state index contributed by atoms with van der Waals surface area (Å²) >= 11 is 0. The number of carboxylic acids is 1. The normalized spacial score (nSPS) is 13.4. The molecular weight excluding hydrogens is 274 g/mol. The van der Waals surface area contributed by atoms with Crippen LogP contribution in [0.5, 0.6) is 0 Å². The number of hydrogen-bond donors (Lipinski definition) is 3. The summed E-state index contributed by atoms with van der Waals surface area (Å²) < 4.78 is 4.99. The van der Waals surface area contributed by atoms with Crippen LogP contribution in [0.2, 0.25) is 0 Å². The zero-order chi connectivity index (χ0) is 15.2. The fraction of sp³-hybridized carbons (Fsp3) is 0.200. The van der Waals surface area contributed by atoms with E-state index in [-0.39, 0.29) is 12.3 Å². The van der Waals surface area contributed by atoms with Gasteiger partial charge in [-0.25, -0.2) is 0 Å². The van der Waals surface area contributed by atoms with Crippen molar-refractivity contribution < 1.29 is 24.2 Å². The number of nitrogens with one attached hydrogen (secondary N) is 1. The molecule has 0 radical (unpaired) electrons. The maximum Gasteiger partial charge on any atom is 0.311 e. The predicted octanol–water partition coefficient (Wildman–Crippen LogP) is 1.44. The van der Waals surface area contributed by atoms with Gasteiger partial charge in [-0.2, -0.15) is 0 Å². The summed E-state index contributed by atoms with van der Waals surface area (Å²) in [4.78, 5) is 23.1. The SMILES string of the molecule is O=C(NC[C@@H](C(=O)O)[C@H](O)c1ccco1)c1ccccc1. The highest BCUT2D eigenvalue weighted by atomic mass is 16.4. The third kappa shape index (κ3) is 3.70. The number of aliphatic carboxylic acids is 1. The first-order chi connectivity index (χ1) is 10.1. The van der Waals surface area contributed by atoms with Crippen LogP contribution < -0.4 is 5.32 Å². The molecule has 2 aromatic rings. The Morgan fingerprint density at radius 3 is 2.43 bits per heavy atom. The van der Waals surface area contributed by atoms with Crippen molar-refractivity contribution in [3.8, 4) is 0 Å². The van der Waals surface area contributed by atoms with Crippen LogP contribution >= 0.6 is 0 Å². The maximum absolute atomic E-state index is 11.9. The Kier molecular flexibility index (Phi) is 4.73. The molecule has 0 aliphatic heterocycles. The fourth-order valence-corrected chi connectivity index (χ4v) is 1.89. The van der Waals surface area contributed by atoms with E-state index in [1.165, 1.54) is 12.3 Å². The minimum absolute atomic E-state index is 0.149. The minimum atomic E-state index is -1.33. The predicted molar refractivity (Wildman–Crippen MR) is 73.6 cm³/mol. The Morgan fingerprint density at radius 2 is 1.86 bits per heavy atom. The molecule has 0 aliphatic carbocycles. The smallest absolute Gasteiger partial charge is 0.311 e. The lowest BCUT2D eigenvalue weighted by atomic mass is 10.0. The van der Waals surface area contributed by atoms with Gasteiger partial charge in [-0.3, -0.25) is 9.59 Å². The molecule has 3 N–H and O–H groups in total. The fourth-order valence-electron chi connectivity index (χ4n) is 1.89. The lowest BCUT2D eigenvalue weighted by Crippen LogP contribution is -2.36. The first-order valence-electron chi connectivity index (χ1n) is 6.37. The number of rotatable bonds is 6. The van der Waals surface area contributed by atoms with Gasteiger partial charge in [0.2, 0.25) is 0 Å². The average molecular weight is 289 g/mol. The molecule has 0 aliphatic rings. The number of benzene rings is 1. The van der Waals surface area contributed by atoms with Gasteiger partial charge >= 0.3 is 5.97 Å². The van der Waals surface area contributed by atoms with Crippen molar-refractivity contribution in [2.75, 3.05) is 6.54 Å². The van der Waals surface area contributed by atoms with Gasteiger partial charge in [-0.1, -0.05) is 18.2 Å². The largest absolute Gasteiger partial charge is 0.481 e. The maximum atomic E-state index is 11.9. The van der Waals surface area contributed by atoms with Gasteiger partial charge in [0, 0.05) is 12.1 Å². The van der Waals surface area contributed by atoms with E-state index in [9.17, 15) is 19.8 Å². The topological polar surface area (TPSA) is 99.8 Å². The summed E-state index contributed by atoms with van der Waals surface area (Å²) in [6.07, 6.45) is 0.0218. The summed E-state index contributed by atoms with van der Waals surface area (Å²) in [5.74, 6) is -2.65. The van der Waals surface area contributed by atoms with E-state index in [2.05, 4.69) is 5.32 Å². The van der Waals surface area contributed by atoms with Gasteiger partial charge in [0.15, 0.2) is 0 Å². The summed E-state index contributed by atoms with van der Waals surface area (Å²) in [5, 5.41) is 21.7. The zero-order valence-electron chi connectivity index (χ0n) is 11.1. The molecule has 6 nitrogen and oxygen atoms in total. The monoisotopic (exact) mass is 289 g/mol. The van der Waals surface area contributed by atoms with Crippen LogP contribution in [0.25, 0.3) is 0 Å². The van der Waals surface area contributed by atoms with Crippen LogP contribution in [0.3, 0.4) is 0 Å². The second-order valence-corrected chi connectivity index (χ2v) is 4.48. The van der Waals surface area contributed by atoms with Crippen LogP contribution in [0.1, 0.15) is 22.2 Å². The summed E-state index contributed by atoms with van der Waals surface area (Å²) in [5.41, 5.74) is 0.425. The number of aliphatic hydroxyl groups excluding tert-OH is 1. The van der Waals surface area contributed by atoms with Crippen LogP contribution in [0.15, 0.2) is 53.1 Å². The second kappa shape index (κ2) is 6.71. The number of amides is 1. The third-order valence-corrected chi connectivity index (χ3v) is 3.05. The highest BCUT2D eigenvalue weighted by molar-refractivity contribution is 5.94. The Labute approximate surface area is 121 Å². The molecule has 2 rings (SSSR count). The van der Waals surface area contributed by atoms with E-state index < -0.39 is 23.9 Å². The standard InChI is InChI=1S/C15H15NO5/c17-13(12-7-4-8-21-12)11(15(19)20)9-16-14(18)10-5-2-1-3-6-10/h1-8,11,13,17H,9H2,(H,16,18)(H,19,20)/t11-,13+/m1/s1. The first kappa shape index (κ1) is 14.8. The minimum Gasteiger partial charge on any atom is -0.481 e. The number of carbonyl (C=O) groups excluding carboxylic acids is 1. The van der Waals surface area contributed by atoms with Crippen molar-refractivity contribution in [3.05, 3.63) is 60.1 Å². The van der Waals surface area contributed by atoms with Gasteiger partial charge in [0.05, 0.1) is 6.26 Å². The van der Waals surface area contributed by atoms with Crippen molar-refractivity contribution in [1.29, 1.82) is 0 Å². The van der Waals surface area contributed by atoms with Crippen LogP contribution in [-0.4, -0.2) is 28.6 Å². The summed E-state index contributed by atoms with van der Waals surface area (Å²) in [6, 6.07) is 11.5. The average Bonchev–Trinajstić information content (AvgIpc) is 3.02. The van der Waals surface area contributed by atoms with Crippen LogP contribution in [-0.2, 0) is 4.79 Å². The molecule has 1 aromatic carbocycles. The van der Waals surface area contributed by atoms with Crippen molar-refractivity contribution in [2.24, 2.45) is 5.92 Å². The number of carbonyl (C=O) groups is 2. The lowest BCUT2D eigenvalue weighted by Gasteiger charge is -2.17.